The average molecular weight is 224 g/mol. The van der Waals surface area contributed by atoms with Crippen LogP contribution in [-0.4, -0.2) is 6.18 Å². The first kappa shape index (κ1) is 11.0. The molecule has 0 heterocycles. The SMILES string of the molecule is Cc1cc2ccccc2cc1CC(F)(F)F. The van der Waals surface area contributed by atoms with E-state index >= 15 is 0 Å². The smallest absolute Gasteiger partial charge is 0.171 e. The van der Waals surface area contributed by atoms with Gasteiger partial charge in [-0.3, -0.25) is 0 Å². The zero-order valence-electron chi connectivity index (χ0n) is 8.81. The molecular weight excluding hydrogens is 213 g/mol. The first-order chi connectivity index (χ1) is 7.46. The average Bonchev–Trinajstić information content (AvgIpc) is 2.17. The quantitative estimate of drug-likeness (QED) is 0.679. The van der Waals surface area contributed by atoms with Crippen molar-refractivity contribution in [2.75, 3.05) is 0 Å². The summed E-state index contributed by atoms with van der Waals surface area (Å²) in [5, 5.41) is 1.83. The van der Waals surface area contributed by atoms with Gasteiger partial charge in [-0.15, -0.1) is 0 Å². The van der Waals surface area contributed by atoms with Gasteiger partial charge < -0.3 is 0 Å². The Kier molecular flexibility index (Phi) is 2.62. The lowest BCUT2D eigenvalue weighted by atomic mass is 10.00. The number of benzene rings is 2. The Morgan fingerprint density at radius 3 is 2.12 bits per heavy atom. The summed E-state index contributed by atoms with van der Waals surface area (Å²) in [4.78, 5) is 0. The molecule has 0 amide bonds. The van der Waals surface area contributed by atoms with Gasteiger partial charge in [-0.05, 0) is 28.8 Å². The van der Waals surface area contributed by atoms with Gasteiger partial charge in [0.25, 0.3) is 0 Å². The fourth-order valence-electron chi connectivity index (χ4n) is 1.81. The molecule has 0 unspecified atom stereocenters. The third-order valence-corrected chi connectivity index (χ3v) is 2.60. The lowest BCUT2D eigenvalue weighted by molar-refractivity contribution is -0.127. The number of hydrogen-bond donors (Lipinski definition) is 0. The lowest BCUT2D eigenvalue weighted by Crippen LogP contribution is -2.12. The highest BCUT2D eigenvalue weighted by molar-refractivity contribution is 5.84. The number of alkyl halides is 3. The van der Waals surface area contributed by atoms with Gasteiger partial charge in [-0.1, -0.05) is 36.4 Å². The summed E-state index contributed by atoms with van der Waals surface area (Å²) < 4.78 is 37.0. The Balaban J connectivity index is 2.50. The maximum Gasteiger partial charge on any atom is 0.393 e. The summed E-state index contributed by atoms with van der Waals surface area (Å²) in [6.45, 7) is 1.72. The molecule has 0 saturated heterocycles. The Labute approximate surface area is 91.7 Å². The van der Waals surface area contributed by atoms with Crippen LogP contribution in [0.4, 0.5) is 13.2 Å². The minimum Gasteiger partial charge on any atom is -0.171 e. The van der Waals surface area contributed by atoms with Gasteiger partial charge in [-0.2, -0.15) is 13.2 Å². The summed E-state index contributed by atoms with van der Waals surface area (Å²) in [5.41, 5.74) is 1.04. The van der Waals surface area contributed by atoms with Gasteiger partial charge in [0.2, 0.25) is 0 Å². The molecule has 3 heteroatoms. The van der Waals surface area contributed by atoms with E-state index in [4.69, 9.17) is 0 Å². The normalized spacial score (nSPS) is 12.0. The van der Waals surface area contributed by atoms with Gasteiger partial charge in [0.1, 0.15) is 0 Å². The zero-order chi connectivity index (χ0) is 11.8. The van der Waals surface area contributed by atoms with E-state index in [1.807, 2.05) is 24.3 Å². The molecule has 84 valence electrons. The van der Waals surface area contributed by atoms with E-state index < -0.39 is 12.6 Å². The molecule has 0 aliphatic carbocycles. The van der Waals surface area contributed by atoms with Gasteiger partial charge in [0.05, 0.1) is 6.42 Å². The molecule has 0 aliphatic rings. The fourth-order valence-corrected chi connectivity index (χ4v) is 1.81. The molecule has 0 aliphatic heterocycles. The summed E-state index contributed by atoms with van der Waals surface area (Å²) in [6, 6.07) is 10.9. The van der Waals surface area contributed by atoms with Crippen LogP contribution in [-0.2, 0) is 6.42 Å². The second-order valence-corrected chi connectivity index (χ2v) is 3.92. The molecule has 2 aromatic carbocycles. The number of aryl methyl sites for hydroxylation is 1. The van der Waals surface area contributed by atoms with E-state index in [0.717, 1.165) is 10.8 Å². The molecule has 0 N–H and O–H groups in total. The van der Waals surface area contributed by atoms with E-state index in [1.54, 1.807) is 19.1 Å². The second-order valence-electron chi connectivity index (χ2n) is 3.92. The van der Waals surface area contributed by atoms with Crippen molar-refractivity contribution >= 4 is 10.8 Å². The van der Waals surface area contributed by atoms with Crippen LogP contribution in [0.25, 0.3) is 10.8 Å². The lowest BCUT2D eigenvalue weighted by Gasteiger charge is -2.10. The first-order valence-corrected chi connectivity index (χ1v) is 5.01. The Bertz CT molecular complexity index is 512. The Morgan fingerprint density at radius 2 is 1.56 bits per heavy atom. The van der Waals surface area contributed by atoms with E-state index in [1.165, 1.54) is 0 Å². The van der Waals surface area contributed by atoms with Crippen molar-refractivity contribution in [2.24, 2.45) is 0 Å². The predicted molar refractivity (Wildman–Crippen MR) is 58.4 cm³/mol. The molecule has 0 fully saturated rings. The molecule has 0 aromatic heterocycles. The number of halogens is 3. The number of hydrogen-bond acceptors (Lipinski definition) is 0. The molecule has 0 nitrogen and oxygen atoms in total. The zero-order valence-corrected chi connectivity index (χ0v) is 8.81. The molecule has 2 rings (SSSR count). The third-order valence-electron chi connectivity index (χ3n) is 2.60. The molecule has 0 saturated carbocycles. The summed E-state index contributed by atoms with van der Waals surface area (Å²) >= 11 is 0. The van der Waals surface area contributed by atoms with Crippen LogP contribution in [0.1, 0.15) is 11.1 Å². The van der Waals surface area contributed by atoms with Crippen LogP contribution in [0.5, 0.6) is 0 Å². The van der Waals surface area contributed by atoms with Crippen molar-refractivity contribution < 1.29 is 13.2 Å². The first-order valence-electron chi connectivity index (χ1n) is 5.01. The van der Waals surface area contributed by atoms with Gasteiger partial charge in [0, 0.05) is 0 Å². The number of fused-ring (bicyclic) bond motifs is 1. The number of rotatable bonds is 1. The highest BCUT2D eigenvalue weighted by Gasteiger charge is 2.28. The van der Waals surface area contributed by atoms with E-state index in [2.05, 4.69) is 0 Å². The van der Waals surface area contributed by atoms with Crippen molar-refractivity contribution in [1.82, 2.24) is 0 Å². The molecule has 16 heavy (non-hydrogen) atoms. The van der Waals surface area contributed by atoms with Crippen molar-refractivity contribution in [2.45, 2.75) is 19.5 Å². The Hall–Kier alpha value is -1.51. The maximum absolute atomic E-state index is 12.3. The minimum absolute atomic E-state index is 0.353. The second kappa shape index (κ2) is 3.81. The fraction of sp³-hybridized carbons (Fsp3) is 0.231. The Morgan fingerprint density at radius 1 is 1.00 bits per heavy atom. The van der Waals surface area contributed by atoms with Gasteiger partial charge in [0.15, 0.2) is 0 Å². The predicted octanol–water partition coefficient (Wildman–Crippen LogP) is 4.25. The molecule has 0 radical (unpaired) electrons. The molecule has 0 atom stereocenters. The highest BCUT2D eigenvalue weighted by atomic mass is 19.4. The topological polar surface area (TPSA) is 0 Å². The van der Waals surface area contributed by atoms with Crippen LogP contribution in [0.2, 0.25) is 0 Å². The molecule has 2 aromatic rings. The monoisotopic (exact) mass is 224 g/mol. The highest BCUT2D eigenvalue weighted by Crippen LogP contribution is 2.26. The van der Waals surface area contributed by atoms with Crippen LogP contribution >= 0.6 is 0 Å². The van der Waals surface area contributed by atoms with Crippen molar-refractivity contribution in [1.29, 1.82) is 0 Å². The van der Waals surface area contributed by atoms with E-state index in [9.17, 15) is 13.2 Å². The van der Waals surface area contributed by atoms with Gasteiger partial charge in [-0.25, -0.2) is 0 Å². The standard InChI is InChI=1S/C13H11F3/c1-9-6-10-4-2-3-5-11(10)7-12(9)8-13(14,15)16/h2-7H,8H2,1H3. The summed E-state index contributed by atoms with van der Waals surface area (Å²) in [5.74, 6) is 0. The summed E-state index contributed by atoms with van der Waals surface area (Å²) in [6.07, 6.45) is -5.00. The van der Waals surface area contributed by atoms with Crippen molar-refractivity contribution in [3.63, 3.8) is 0 Å². The molecular formula is C13H11F3. The van der Waals surface area contributed by atoms with E-state index in [0.29, 0.717) is 11.1 Å². The molecule has 0 bridgehead atoms. The van der Waals surface area contributed by atoms with E-state index in [-0.39, 0.29) is 0 Å². The van der Waals surface area contributed by atoms with Crippen molar-refractivity contribution in [3.8, 4) is 0 Å². The van der Waals surface area contributed by atoms with Crippen molar-refractivity contribution in [3.05, 3.63) is 47.5 Å². The maximum atomic E-state index is 12.3. The van der Waals surface area contributed by atoms with Crippen LogP contribution in [0.15, 0.2) is 36.4 Å². The third kappa shape index (κ3) is 2.35. The van der Waals surface area contributed by atoms with Gasteiger partial charge >= 0.3 is 6.18 Å². The minimum atomic E-state index is -4.15. The molecule has 0 spiro atoms. The van der Waals surface area contributed by atoms with Crippen LogP contribution in [0.3, 0.4) is 0 Å². The van der Waals surface area contributed by atoms with Crippen LogP contribution in [0, 0.1) is 6.92 Å². The largest absolute Gasteiger partial charge is 0.393 e. The van der Waals surface area contributed by atoms with Crippen LogP contribution < -0.4 is 0 Å². The summed E-state index contributed by atoms with van der Waals surface area (Å²) in [7, 11) is 0.